The van der Waals surface area contributed by atoms with Crippen LogP contribution in [0, 0.1) is 0 Å². The Labute approximate surface area is 206 Å². The molecule has 0 bridgehead atoms. The first-order valence-corrected chi connectivity index (χ1v) is 10.5. The number of nitrogens with one attached hydrogen (secondary N) is 1. The molecule has 1 atom stereocenters. The molecule has 0 amide bonds. The lowest BCUT2D eigenvalue weighted by Crippen LogP contribution is -2.34. The van der Waals surface area contributed by atoms with E-state index in [2.05, 4.69) is 5.32 Å². The summed E-state index contributed by atoms with van der Waals surface area (Å²) in [6.45, 7) is 2.50. The molecule has 1 unspecified atom stereocenters. The van der Waals surface area contributed by atoms with Crippen LogP contribution in [0.3, 0.4) is 0 Å². The van der Waals surface area contributed by atoms with Gasteiger partial charge in [-0.2, -0.15) is 0 Å². The number of aliphatic carboxylic acids is 2. The fourth-order valence-corrected chi connectivity index (χ4v) is 3.41. The van der Waals surface area contributed by atoms with E-state index >= 15 is 0 Å². The number of carbonyl (C=O) groups is 4. The van der Waals surface area contributed by atoms with Gasteiger partial charge in [0.15, 0.2) is 0 Å². The molecule has 12 heteroatoms. The van der Waals surface area contributed by atoms with Crippen LogP contribution in [0.15, 0.2) is 59.0 Å². The Hall–Kier alpha value is -3.67. The molecular formula is C23H27ClN2O9. The molecule has 1 heterocycles. The molecule has 2 rings (SSSR count). The van der Waals surface area contributed by atoms with Gasteiger partial charge >= 0.3 is 23.9 Å². The number of dihydropyridines is 1. The van der Waals surface area contributed by atoms with Gasteiger partial charge in [0.05, 0.1) is 50.2 Å². The molecule has 0 saturated carbocycles. The maximum atomic E-state index is 12.7. The summed E-state index contributed by atoms with van der Waals surface area (Å²) in [6.07, 6.45) is 1.12. The van der Waals surface area contributed by atoms with Gasteiger partial charge in [-0.05, 0) is 18.6 Å². The monoisotopic (exact) mass is 510 g/mol. The second kappa shape index (κ2) is 14.6. The minimum Gasteiger partial charge on any atom is -0.478 e. The highest BCUT2D eigenvalue weighted by Gasteiger charge is 2.39. The predicted molar refractivity (Wildman–Crippen MR) is 125 cm³/mol. The van der Waals surface area contributed by atoms with E-state index in [0.717, 1.165) is 0 Å². The number of nitrogens with two attached hydrogens (primary N) is 1. The van der Waals surface area contributed by atoms with Gasteiger partial charge in [0.25, 0.3) is 0 Å². The summed E-state index contributed by atoms with van der Waals surface area (Å²) >= 11 is 6.39. The lowest BCUT2D eigenvalue weighted by Gasteiger charge is -2.31. The number of carboxylic acid groups (broad SMARTS) is 2. The minimum atomic E-state index is -1.26. The van der Waals surface area contributed by atoms with Crippen molar-refractivity contribution in [3.63, 3.8) is 0 Å². The second-order valence-corrected chi connectivity index (χ2v) is 7.25. The Morgan fingerprint density at radius 3 is 2.06 bits per heavy atom. The number of halogens is 1. The van der Waals surface area contributed by atoms with Crippen LogP contribution in [0.25, 0.3) is 0 Å². The number of benzene rings is 1. The molecule has 11 nitrogen and oxygen atoms in total. The van der Waals surface area contributed by atoms with Crippen LogP contribution >= 0.6 is 11.6 Å². The first-order chi connectivity index (χ1) is 16.6. The molecule has 0 saturated heterocycles. The Morgan fingerprint density at radius 2 is 1.57 bits per heavy atom. The Morgan fingerprint density at radius 1 is 1.03 bits per heavy atom. The molecule has 190 valence electrons. The first-order valence-electron chi connectivity index (χ1n) is 10.1. The fourth-order valence-electron chi connectivity index (χ4n) is 3.16. The number of carboxylic acids is 2. The standard InChI is InChI=1S/C19H23ClN2O5.C4H4O4/c1-11-15(18(23)25-2)16(12-6-4-5-7-13(12)20)17(19(24)26-3)14(22-11)10-27-9-8-21;5-3(6)1-2-4(7)8/h4-7,16,22H,8-10,21H2,1-3H3;1-2H,(H,5,6)(H,7,8)/b;2-1-. The van der Waals surface area contributed by atoms with E-state index in [1.54, 1.807) is 31.2 Å². The van der Waals surface area contributed by atoms with Crippen LogP contribution in [0.2, 0.25) is 5.02 Å². The summed E-state index contributed by atoms with van der Waals surface area (Å²) in [5, 5.41) is 19.1. The second-order valence-electron chi connectivity index (χ2n) is 6.84. The molecule has 0 aliphatic carbocycles. The number of ether oxygens (including phenoxy) is 3. The molecular weight excluding hydrogens is 484 g/mol. The number of methoxy groups -OCH3 is 2. The maximum absolute atomic E-state index is 12.7. The summed E-state index contributed by atoms with van der Waals surface area (Å²) in [6, 6.07) is 7.01. The Kier molecular flexibility index (Phi) is 12.2. The van der Waals surface area contributed by atoms with E-state index in [-0.39, 0.29) is 17.8 Å². The fraction of sp³-hybridized carbons (Fsp3) is 0.304. The van der Waals surface area contributed by atoms with Gasteiger partial charge in [-0.1, -0.05) is 29.8 Å². The number of allylic oxidation sites excluding steroid dienone is 1. The molecule has 0 spiro atoms. The van der Waals surface area contributed by atoms with Gasteiger partial charge < -0.3 is 35.5 Å². The van der Waals surface area contributed by atoms with E-state index in [9.17, 15) is 19.2 Å². The summed E-state index contributed by atoms with van der Waals surface area (Å²) in [5.41, 5.74) is 7.63. The number of hydrogen-bond donors (Lipinski definition) is 4. The van der Waals surface area contributed by atoms with Crippen LogP contribution in [0.1, 0.15) is 18.4 Å². The van der Waals surface area contributed by atoms with Gasteiger partial charge in [-0.15, -0.1) is 0 Å². The summed E-state index contributed by atoms with van der Waals surface area (Å²) in [4.78, 5) is 44.3. The van der Waals surface area contributed by atoms with Gasteiger partial charge in [0.1, 0.15) is 0 Å². The third-order valence-corrected chi connectivity index (χ3v) is 4.89. The highest BCUT2D eigenvalue weighted by Crippen LogP contribution is 2.41. The Bertz CT molecular complexity index is 1030. The van der Waals surface area contributed by atoms with Crippen LogP contribution in [0.5, 0.6) is 0 Å². The highest BCUT2D eigenvalue weighted by molar-refractivity contribution is 6.31. The van der Waals surface area contributed by atoms with Crippen molar-refractivity contribution in [3.8, 4) is 0 Å². The normalized spacial score (nSPS) is 15.2. The smallest absolute Gasteiger partial charge is 0.336 e. The quantitative estimate of drug-likeness (QED) is 0.215. The van der Waals surface area contributed by atoms with E-state index in [0.29, 0.717) is 47.3 Å². The zero-order valence-corrected chi connectivity index (χ0v) is 20.1. The van der Waals surface area contributed by atoms with Gasteiger partial charge in [-0.25, -0.2) is 19.2 Å². The van der Waals surface area contributed by atoms with Crippen LogP contribution in [-0.4, -0.2) is 68.1 Å². The SMILES string of the molecule is COC(=O)C1=C(C)NC(COCCN)=C(C(=O)OC)C1c1ccccc1Cl.O=C(O)/C=C\C(=O)O. The third-order valence-electron chi connectivity index (χ3n) is 4.55. The van der Waals surface area contributed by atoms with E-state index in [1.165, 1.54) is 14.2 Å². The molecule has 0 aromatic heterocycles. The van der Waals surface area contributed by atoms with Crippen molar-refractivity contribution in [3.05, 3.63) is 69.5 Å². The van der Waals surface area contributed by atoms with Crippen LogP contribution < -0.4 is 11.1 Å². The van der Waals surface area contributed by atoms with Crippen molar-refractivity contribution in [2.75, 3.05) is 34.0 Å². The largest absolute Gasteiger partial charge is 0.478 e. The first kappa shape index (κ1) is 29.4. The average molecular weight is 511 g/mol. The van der Waals surface area contributed by atoms with E-state index in [4.69, 9.17) is 41.8 Å². The van der Waals surface area contributed by atoms with Crippen LogP contribution in [0.4, 0.5) is 0 Å². The summed E-state index contributed by atoms with van der Waals surface area (Å²) < 4.78 is 15.4. The van der Waals surface area contributed by atoms with Crippen molar-refractivity contribution < 1.29 is 43.6 Å². The molecule has 1 aromatic rings. The molecule has 35 heavy (non-hydrogen) atoms. The van der Waals surface area contributed by atoms with Gasteiger partial charge in [-0.3, -0.25) is 0 Å². The predicted octanol–water partition coefficient (Wildman–Crippen LogP) is 1.59. The van der Waals surface area contributed by atoms with Crippen LogP contribution in [-0.2, 0) is 33.4 Å². The molecule has 5 N–H and O–H groups in total. The minimum absolute atomic E-state index is 0.106. The maximum Gasteiger partial charge on any atom is 0.336 e. The van der Waals surface area contributed by atoms with Crippen molar-refractivity contribution in [1.29, 1.82) is 0 Å². The van der Waals surface area contributed by atoms with Crippen molar-refractivity contribution in [2.45, 2.75) is 12.8 Å². The number of esters is 2. The van der Waals surface area contributed by atoms with Gasteiger partial charge in [0, 0.05) is 29.4 Å². The van der Waals surface area contributed by atoms with E-state index < -0.39 is 29.8 Å². The topological polar surface area (TPSA) is 174 Å². The molecule has 0 fully saturated rings. The molecule has 1 aliphatic heterocycles. The van der Waals surface area contributed by atoms with Crippen molar-refractivity contribution in [2.24, 2.45) is 5.73 Å². The Balaban J connectivity index is 0.000000658. The third kappa shape index (κ3) is 8.56. The molecule has 1 aromatic carbocycles. The summed E-state index contributed by atoms with van der Waals surface area (Å²) in [5.74, 6) is -4.42. The van der Waals surface area contributed by atoms with E-state index in [1.807, 2.05) is 0 Å². The molecule has 1 aliphatic rings. The van der Waals surface area contributed by atoms with Crippen molar-refractivity contribution >= 4 is 35.5 Å². The van der Waals surface area contributed by atoms with Gasteiger partial charge in [0.2, 0.25) is 0 Å². The number of carbonyl (C=O) groups excluding carboxylic acids is 2. The highest BCUT2D eigenvalue weighted by atomic mass is 35.5. The lowest BCUT2D eigenvalue weighted by molar-refractivity contribution is -0.137. The zero-order chi connectivity index (χ0) is 26.5. The average Bonchev–Trinajstić information content (AvgIpc) is 2.82. The summed E-state index contributed by atoms with van der Waals surface area (Å²) in [7, 11) is 2.56. The van der Waals surface area contributed by atoms with Crippen molar-refractivity contribution in [1.82, 2.24) is 5.32 Å². The zero-order valence-electron chi connectivity index (χ0n) is 19.4. The molecule has 0 radical (unpaired) electrons. The lowest BCUT2D eigenvalue weighted by atomic mass is 9.80. The number of hydrogen-bond acceptors (Lipinski definition) is 9. The number of rotatable bonds is 9.